The van der Waals surface area contributed by atoms with Crippen LogP contribution < -0.4 is 10.2 Å². The van der Waals surface area contributed by atoms with E-state index in [-0.39, 0.29) is 11.1 Å². The second kappa shape index (κ2) is 6.87. The molecule has 0 atom stereocenters. The minimum Gasteiger partial charge on any atom is -0.368 e. The van der Waals surface area contributed by atoms with Gasteiger partial charge in [-0.05, 0) is 30.3 Å². The molecule has 2 amide bonds. The lowest BCUT2D eigenvalue weighted by atomic mass is 10.2. The third-order valence-corrected chi connectivity index (χ3v) is 4.15. The largest absolute Gasteiger partial charge is 0.368 e. The second-order valence-corrected chi connectivity index (χ2v) is 5.78. The number of hydrogen-bond acceptors (Lipinski definition) is 2. The zero-order valence-corrected chi connectivity index (χ0v) is 13.3. The van der Waals surface area contributed by atoms with Crippen LogP contribution in [0.3, 0.4) is 0 Å². The molecule has 3 rings (SSSR count). The van der Waals surface area contributed by atoms with Gasteiger partial charge >= 0.3 is 6.03 Å². The molecule has 1 heterocycles. The maximum atomic E-state index is 13.2. The SMILES string of the molecule is O=C(Nc1ccccc1)N1CCN(c2ccc(F)c(Cl)c2)CC1. The van der Waals surface area contributed by atoms with Crippen LogP contribution in [0.2, 0.25) is 5.02 Å². The lowest BCUT2D eigenvalue weighted by Gasteiger charge is -2.36. The Labute approximate surface area is 139 Å². The molecule has 0 bridgehead atoms. The van der Waals surface area contributed by atoms with Gasteiger partial charge in [-0.2, -0.15) is 0 Å². The van der Waals surface area contributed by atoms with Crippen LogP contribution in [0.1, 0.15) is 0 Å². The van der Waals surface area contributed by atoms with Crippen molar-refractivity contribution in [3.05, 3.63) is 59.4 Å². The van der Waals surface area contributed by atoms with E-state index >= 15 is 0 Å². The van der Waals surface area contributed by atoms with Crippen molar-refractivity contribution in [2.45, 2.75) is 0 Å². The normalized spacial score (nSPS) is 14.7. The van der Waals surface area contributed by atoms with Gasteiger partial charge in [-0.25, -0.2) is 9.18 Å². The smallest absolute Gasteiger partial charge is 0.321 e. The van der Waals surface area contributed by atoms with Crippen LogP contribution in [0.5, 0.6) is 0 Å². The number of para-hydroxylation sites is 1. The first-order chi connectivity index (χ1) is 11.1. The molecule has 0 spiro atoms. The zero-order valence-electron chi connectivity index (χ0n) is 12.5. The molecule has 0 aliphatic carbocycles. The summed E-state index contributed by atoms with van der Waals surface area (Å²) in [6, 6.07) is 14.0. The predicted molar refractivity (Wildman–Crippen MR) is 90.7 cm³/mol. The Bertz CT molecular complexity index is 687. The summed E-state index contributed by atoms with van der Waals surface area (Å²) >= 11 is 5.83. The van der Waals surface area contributed by atoms with Gasteiger partial charge in [0.1, 0.15) is 5.82 Å². The highest BCUT2D eigenvalue weighted by Crippen LogP contribution is 2.23. The Morgan fingerprint density at radius 2 is 1.74 bits per heavy atom. The first kappa shape index (κ1) is 15.6. The summed E-state index contributed by atoms with van der Waals surface area (Å²) in [5.41, 5.74) is 1.66. The number of carbonyl (C=O) groups is 1. The van der Waals surface area contributed by atoms with E-state index in [2.05, 4.69) is 10.2 Å². The number of halogens is 2. The Kier molecular flexibility index (Phi) is 4.67. The summed E-state index contributed by atoms with van der Waals surface area (Å²) in [6.07, 6.45) is 0. The molecule has 1 fully saturated rings. The van der Waals surface area contributed by atoms with Crippen molar-refractivity contribution >= 4 is 29.0 Å². The molecule has 0 unspecified atom stereocenters. The lowest BCUT2D eigenvalue weighted by Crippen LogP contribution is -2.50. The van der Waals surface area contributed by atoms with E-state index in [4.69, 9.17) is 11.6 Å². The van der Waals surface area contributed by atoms with Crippen molar-refractivity contribution in [2.24, 2.45) is 0 Å². The quantitative estimate of drug-likeness (QED) is 0.906. The highest BCUT2D eigenvalue weighted by molar-refractivity contribution is 6.31. The molecule has 6 heteroatoms. The van der Waals surface area contributed by atoms with Crippen molar-refractivity contribution in [2.75, 3.05) is 36.4 Å². The fourth-order valence-electron chi connectivity index (χ4n) is 2.57. The van der Waals surface area contributed by atoms with Gasteiger partial charge in [0, 0.05) is 37.6 Å². The summed E-state index contributed by atoms with van der Waals surface area (Å²) in [5.74, 6) is -0.420. The molecule has 0 aromatic heterocycles. The fourth-order valence-corrected chi connectivity index (χ4v) is 2.75. The minimum atomic E-state index is -0.420. The van der Waals surface area contributed by atoms with E-state index in [0.717, 1.165) is 11.4 Å². The Morgan fingerprint density at radius 3 is 2.39 bits per heavy atom. The standard InChI is InChI=1S/C17H17ClFN3O/c18-15-12-14(6-7-16(15)19)21-8-10-22(11-9-21)17(23)20-13-4-2-1-3-5-13/h1-7,12H,8-11H2,(H,20,23). The average Bonchev–Trinajstić information content (AvgIpc) is 2.58. The number of anilines is 2. The predicted octanol–water partition coefficient (Wildman–Crippen LogP) is 3.83. The Morgan fingerprint density at radius 1 is 1.04 bits per heavy atom. The summed E-state index contributed by atoms with van der Waals surface area (Å²) in [5, 5.41) is 3.00. The fraction of sp³-hybridized carbons (Fsp3) is 0.235. The van der Waals surface area contributed by atoms with Crippen LogP contribution >= 0.6 is 11.6 Å². The number of carbonyl (C=O) groups excluding carboxylic acids is 1. The number of rotatable bonds is 2. The van der Waals surface area contributed by atoms with Crippen molar-refractivity contribution in [3.63, 3.8) is 0 Å². The number of benzene rings is 2. The summed E-state index contributed by atoms with van der Waals surface area (Å²) in [4.78, 5) is 16.1. The monoisotopic (exact) mass is 333 g/mol. The third kappa shape index (κ3) is 3.74. The van der Waals surface area contributed by atoms with Crippen molar-refractivity contribution < 1.29 is 9.18 Å². The highest BCUT2D eigenvalue weighted by atomic mass is 35.5. The van der Waals surface area contributed by atoms with Crippen molar-refractivity contribution in [1.82, 2.24) is 4.90 Å². The number of nitrogens with zero attached hydrogens (tertiary/aromatic N) is 2. The van der Waals surface area contributed by atoms with Crippen molar-refractivity contribution in [1.29, 1.82) is 0 Å². The molecule has 1 N–H and O–H groups in total. The number of hydrogen-bond donors (Lipinski definition) is 1. The molecule has 120 valence electrons. The van der Waals surface area contributed by atoms with Crippen LogP contribution in [0.15, 0.2) is 48.5 Å². The molecule has 0 radical (unpaired) electrons. The van der Waals surface area contributed by atoms with Crippen LogP contribution in [-0.2, 0) is 0 Å². The molecule has 1 aliphatic rings. The molecule has 1 aliphatic heterocycles. The number of amides is 2. The summed E-state index contributed by atoms with van der Waals surface area (Å²) in [6.45, 7) is 2.58. The van der Waals surface area contributed by atoms with E-state index < -0.39 is 5.82 Å². The first-order valence-corrected chi connectivity index (χ1v) is 7.82. The van der Waals surface area contributed by atoms with Gasteiger partial charge in [0.05, 0.1) is 5.02 Å². The van der Waals surface area contributed by atoms with Gasteiger partial charge in [0.2, 0.25) is 0 Å². The van der Waals surface area contributed by atoms with Gasteiger partial charge < -0.3 is 15.1 Å². The second-order valence-electron chi connectivity index (χ2n) is 5.37. The number of urea groups is 1. The van der Waals surface area contributed by atoms with Gasteiger partial charge in [0.25, 0.3) is 0 Å². The van der Waals surface area contributed by atoms with E-state index in [9.17, 15) is 9.18 Å². The van der Waals surface area contributed by atoms with Gasteiger partial charge in [-0.3, -0.25) is 0 Å². The molecule has 2 aromatic carbocycles. The van der Waals surface area contributed by atoms with Crippen LogP contribution in [-0.4, -0.2) is 37.1 Å². The van der Waals surface area contributed by atoms with Crippen LogP contribution in [0.4, 0.5) is 20.6 Å². The van der Waals surface area contributed by atoms with E-state index in [0.29, 0.717) is 26.2 Å². The third-order valence-electron chi connectivity index (χ3n) is 3.86. The zero-order chi connectivity index (χ0) is 16.2. The molecular weight excluding hydrogens is 317 g/mol. The molecule has 4 nitrogen and oxygen atoms in total. The summed E-state index contributed by atoms with van der Waals surface area (Å²) in [7, 11) is 0. The van der Waals surface area contributed by atoms with E-state index in [1.807, 2.05) is 30.3 Å². The maximum Gasteiger partial charge on any atom is 0.321 e. The van der Waals surface area contributed by atoms with Gasteiger partial charge in [-0.1, -0.05) is 29.8 Å². The van der Waals surface area contributed by atoms with Gasteiger partial charge in [-0.15, -0.1) is 0 Å². The summed E-state index contributed by atoms with van der Waals surface area (Å²) < 4.78 is 13.2. The van der Waals surface area contributed by atoms with E-state index in [1.165, 1.54) is 6.07 Å². The first-order valence-electron chi connectivity index (χ1n) is 7.44. The van der Waals surface area contributed by atoms with Crippen LogP contribution in [0.25, 0.3) is 0 Å². The van der Waals surface area contributed by atoms with Crippen molar-refractivity contribution in [3.8, 4) is 0 Å². The molecule has 1 saturated heterocycles. The topological polar surface area (TPSA) is 35.6 Å². The highest BCUT2D eigenvalue weighted by Gasteiger charge is 2.21. The van der Waals surface area contributed by atoms with Gasteiger partial charge in [0.15, 0.2) is 0 Å². The molecule has 2 aromatic rings. The number of nitrogens with one attached hydrogen (secondary N) is 1. The lowest BCUT2D eigenvalue weighted by molar-refractivity contribution is 0.208. The maximum absolute atomic E-state index is 13.2. The average molecular weight is 334 g/mol. The molecular formula is C17H17ClFN3O. The van der Waals surface area contributed by atoms with E-state index in [1.54, 1.807) is 17.0 Å². The Balaban J connectivity index is 1.57. The van der Waals surface area contributed by atoms with Crippen LogP contribution in [0, 0.1) is 5.82 Å². The molecule has 23 heavy (non-hydrogen) atoms. The minimum absolute atomic E-state index is 0.104. The number of piperazine rings is 1. The Hall–Kier alpha value is -2.27. The molecule has 0 saturated carbocycles.